The minimum Gasteiger partial charge on any atom is -0.398 e. The first-order chi connectivity index (χ1) is 8.58. The lowest BCUT2D eigenvalue weighted by molar-refractivity contribution is 0.100. The fourth-order valence-corrected chi connectivity index (χ4v) is 2.64. The molecule has 1 aromatic carbocycles. The van der Waals surface area contributed by atoms with Gasteiger partial charge in [0.1, 0.15) is 5.03 Å². The molecule has 18 heavy (non-hydrogen) atoms. The predicted molar refractivity (Wildman–Crippen MR) is 75.4 cm³/mol. The number of nitrogen functional groups attached to an aromatic ring is 1. The number of pyridine rings is 1. The molecule has 0 aliphatic heterocycles. The van der Waals surface area contributed by atoms with E-state index in [1.54, 1.807) is 24.4 Å². The topological polar surface area (TPSA) is 82.0 Å². The maximum absolute atomic E-state index is 11.0. The molecule has 2 aromatic rings. The second-order valence-electron chi connectivity index (χ2n) is 3.51. The van der Waals surface area contributed by atoms with Gasteiger partial charge in [0.25, 0.3) is 0 Å². The minimum absolute atomic E-state index is 0.400. The van der Waals surface area contributed by atoms with Crippen LogP contribution in [0.5, 0.6) is 0 Å². The molecular weight excluding hydrogens is 314 g/mol. The molecule has 0 saturated carbocycles. The molecule has 2 rings (SSSR count). The van der Waals surface area contributed by atoms with E-state index in [1.165, 1.54) is 11.8 Å². The summed E-state index contributed by atoms with van der Waals surface area (Å²) >= 11 is 4.84. The Hall–Kier alpha value is -1.53. The highest BCUT2D eigenvalue weighted by Gasteiger charge is 2.08. The molecule has 4 nitrogen and oxygen atoms in total. The quantitative estimate of drug-likeness (QED) is 0.851. The van der Waals surface area contributed by atoms with Gasteiger partial charge in [-0.05, 0) is 46.3 Å². The highest BCUT2D eigenvalue weighted by molar-refractivity contribution is 9.10. The fraction of sp³-hybridized carbons (Fsp3) is 0. The normalized spacial score (nSPS) is 10.3. The van der Waals surface area contributed by atoms with Crippen molar-refractivity contribution >= 4 is 39.3 Å². The van der Waals surface area contributed by atoms with Gasteiger partial charge in [-0.15, -0.1) is 0 Å². The number of nitrogens with two attached hydrogens (primary N) is 2. The number of aromatic nitrogens is 1. The van der Waals surface area contributed by atoms with Crippen molar-refractivity contribution in [2.75, 3.05) is 5.73 Å². The zero-order valence-electron chi connectivity index (χ0n) is 9.26. The first-order valence-corrected chi connectivity index (χ1v) is 6.66. The smallest absolute Gasteiger partial charge is 0.248 e. The molecule has 0 bridgehead atoms. The van der Waals surface area contributed by atoms with Gasteiger partial charge in [-0.3, -0.25) is 4.79 Å². The van der Waals surface area contributed by atoms with E-state index in [0.717, 1.165) is 14.4 Å². The van der Waals surface area contributed by atoms with Crippen LogP contribution >= 0.6 is 27.7 Å². The monoisotopic (exact) mass is 323 g/mol. The van der Waals surface area contributed by atoms with Gasteiger partial charge < -0.3 is 11.5 Å². The van der Waals surface area contributed by atoms with Crippen LogP contribution in [0.3, 0.4) is 0 Å². The van der Waals surface area contributed by atoms with E-state index in [1.807, 2.05) is 12.1 Å². The van der Waals surface area contributed by atoms with Crippen molar-refractivity contribution in [3.63, 3.8) is 0 Å². The predicted octanol–water partition coefficient (Wildman–Crippen LogP) is 2.68. The number of hydrogen-bond donors (Lipinski definition) is 2. The van der Waals surface area contributed by atoms with E-state index in [2.05, 4.69) is 20.9 Å². The molecule has 0 saturated heterocycles. The Morgan fingerprint density at radius 1 is 1.33 bits per heavy atom. The third kappa shape index (κ3) is 2.83. The zero-order chi connectivity index (χ0) is 13.1. The third-order valence-electron chi connectivity index (χ3n) is 2.23. The molecule has 0 fully saturated rings. The van der Waals surface area contributed by atoms with E-state index in [-0.39, 0.29) is 0 Å². The Kier molecular flexibility index (Phi) is 3.88. The standard InChI is InChI=1S/C12H10BrN3OS/c13-8-2-1-5-16-12(8)18-10-4-3-7(11(15)17)6-9(10)14/h1-6H,14H2,(H2,15,17). The average molecular weight is 324 g/mol. The van der Waals surface area contributed by atoms with Gasteiger partial charge in [0.05, 0.1) is 4.47 Å². The number of anilines is 1. The lowest BCUT2D eigenvalue weighted by Gasteiger charge is -2.07. The fourth-order valence-electron chi connectivity index (χ4n) is 1.35. The van der Waals surface area contributed by atoms with E-state index >= 15 is 0 Å². The van der Waals surface area contributed by atoms with Crippen molar-refractivity contribution in [1.29, 1.82) is 0 Å². The molecule has 0 unspecified atom stereocenters. The number of hydrogen-bond acceptors (Lipinski definition) is 4. The molecule has 1 aromatic heterocycles. The maximum Gasteiger partial charge on any atom is 0.248 e. The van der Waals surface area contributed by atoms with E-state index in [0.29, 0.717) is 11.3 Å². The second kappa shape index (κ2) is 5.41. The van der Waals surface area contributed by atoms with Gasteiger partial charge in [-0.1, -0.05) is 11.8 Å². The van der Waals surface area contributed by atoms with E-state index in [9.17, 15) is 4.79 Å². The molecule has 0 radical (unpaired) electrons. The van der Waals surface area contributed by atoms with Crippen molar-refractivity contribution in [3.8, 4) is 0 Å². The number of carbonyl (C=O) groups is 1. The molecular formula is C12H10BrN3OS. The van der Waals surface area contributed by atoms with Crippen molar-refractivity contribution < 1.29 is 4.79 Å². The molecule has 6 heteroatoms. The van der Waals surface area contributed by atoms with Crippen molar-refractivity contribution in [2.45, 2.75) is 9.92 Å². The Morgan fingerprint density at radius 3 is 2.72 bits per heavy atom. The number of primary amides is 1. The number of rotatable bonds is 3. The van der Waals surface area contributed by atoms with Crippen LogP contribution in [0.2, 0.25) is 0 Å². The van der Waals surface area contributed by atoms with Gasteiger partial charge in [0.15, 0.2) is 0 Å². The highest BCUT2D eigenvalue weighted by Crippen LogP contribution is 2.34. The van der Waals surface area contributed by atoms with Crippen LogP contribution < -0.4 is 11.5 Å². The van der Waals surface area contributed by atoms with Crippen LogP contribution in [0.25, 0.3) is 0 Å². The number of carbonyl (C=O) groups excluding carboxylic acids is 1. The third-order valence-corrected chi connectivity index (χ3v) is 4.24. The summed E-state index contributed by atoms with van der Waals surface area (Å²) in [6, 6.07) is 8.73. The van der Waals surface area contributed by atoms with Gasteiger partial charge in [0, 0.05) is 22.3 Å². The summed E-state index contributed by atoms with van der Waals surface area (Å²) in [4.78, 5) is 16.1. The lowest BCUT2D eigenvalue weighted by Crippen LogP contribution is -2.11. The van der Waals surface area contributed by atoms with E-state index < -0.39 is 5.91 Å². The Bertz CT molecular complexity index is 604. The molecule has 0 spiro atoms. The zero-order valence-corrected chi connectivity index (χ0v) is 11.7. The molecule has 1 heterocycles. The summed E-state index contributed by atoms with van der Waals surface area (Å²) in [7, 11) is 0. The first kappa shape index (κ1) is 12.9. The number of amides is 1. The van der Waals surface area contributed by atoms with Crippen LogP contribution in [0.1, 0.15) is 10.4 Å². The summed E-state index contributed by atoms with van der Waals surface area (Å²) < 4.78 is 0.897. The molecule has 0 atom stereocenters. The lowest BCUT2D eigenvalue weighted by atomic mass is 10.2. The SMILES string of the molecule is NC(=O)c1ccc(Sc2ncccc2Br)c(N)c1. The molecule has 0 aliphatic carbocycles. The number of halogens is 1. The van der Waals surface area contributed by atoms with Crippen molar-refractivity contribution in [1.82, 2.24) is 4.98 Å². The Labute approximate surface area is 117 Å². The molecule has 0 aliphatic rings. The number of benzene rings is 1. The second-order valence-corrected chi connectivity index (χ2v) is 5.39. The molecule has 1 amide bonds. The average Bonchev–Trinajstić information content (AvgIpc) is 2.34. The minimum atomic E-state index is -0.489. The largest absolute Gasteiger partial charge is 0.398 e. The van der Waals surface area contributed by atoms with Crippen LogP contribution in [0, 0.1) is 0 Å². The highest BCUT2D eigenvalue weighted by atomic mass is 79.9. The molecule has 92 valence electrons. The van der Waals surface area contributed by atoms with Crippen LogP contribution in [-0.2, 0) is 0 Å². The van der Waals surface area contributed by atoms with Crippen LogP contribution in [0.15, 0.2) is 50.9 Å². The van der Waals surface area contributed by atoms with E-state index in [4.69, 9.17) is 11.5 Å². The summed E-state index contributed by atoms with van der Waals surface area (Å²) in [6.07, 6.45) is 1.71. The number of nitrogens with zero attached hydrogens (tertiary/aromatic N) is 1. The van der Waals surface area contributed by atoms with Crippen molar-refractivity contribution in [2.24, 2.45) is 5.73 Å². The van der Waals surface area contributed by atoms with Crippen LogP contribution in [0.4, 0.5) is 5.69 Å². The van der Waals surface area contributed by atoms with Gasteiger partial charge >= 0.3 is 0 Å². The summed E-state index contributed by atoms with van der Waals surface area (Å²) in [5, 5.41) is 0.816. The van der Waals surface area contributed by atoms with Gasteiger partial charge in [0.2, 0.25) is 5.91 Å². The summed E-state index contributed by atoms with van der Waals surface area (Å²) in [5.74, 6) is -0.489. The Morgan fingerprint density at radius 2 is 2.11 bits per heavy atom. The maximum atomic E-state index is 11.0. The van der Waals surface area contributed by atoms with Crippen molar-refractivity contribution in [3.05, 3.63) is 46.6 Å². The van der Waals surface area contributed by atoms with Crippen LogP contribution in [-0.4, -0.2) is 10.9 Å². The van der Waals surface area contributed by atoms with Gasteiger partial charge in [-0.2, -0.15) is 0 Å². The Balaban J connectivity index is 2.30. The summed E-state index contributed by atoms with van der Waals surface area (Å²) in [5.41, 5.74) is 12.0. The first-order valence-electron chi connectivity index (χ1n) is 5.05. The van der Waals surface area contributed by atoms with Gasteiger partial charge in [-0.25, -0.2) is 4.98 Å². The summed E-state index contributed by atoms with van der Waals surface area (Å²) in [6.45, 7) is 0. The molecule has 4 N–H and O–H groups in total.